The molecule has 0 amide bonds. The zero-order valence-electron chi connectivity index (χ0n) is 11.6. The Bertz CT molecular complexity index is 280. The van der Waals surface area contributed by atoms with Crippen LogP contribution in [0, 0.1) is 11.8 Å². The molecule has 1 rings (SSSR count). The summed E-state index contributed by atoms with van der Waals surface area (Å²) in [5.74, 6) is -1.11. The maximum absolute atomic E-state index is 12.2. The highest BCUT2D eigenvalue weighted by Crippen LogP contribution is 2.21. The van der Waals surface area contributed by atoms with Gasteiger partial charge >= 0.3 is 5.97 Å². The Kier molecular flexibility index (Phi) is 6.33. The molecule has 0 saturated carbocycles. The molecule has 1 saturated heterocycles. The van der Waals surface area contributed by atoms with Crippen molar-refractivity contribution < 1.29 is 19.1 Å². The molecule has 18 heavy (non-hydrogen) atoms. The van der Waals surface area contributed by atoms with Gasteiger partial charge in [0.15, 0.2) is 0 Å². The molecule has 1 aliphatic rings. The molecule has 0 aromatic rings. The minimum absolute atomic E-state index is 0.0121. The first-order valence-corrected chi connectivity index (χ1v) is 6.87. The fourth-order valence-corrected chi connectivity index (χ4v) is 2.33. The van der Waals surface area contributed by atoms with Crippen LogP contribution in [0.4, 0.5) is 0 Å². The van der Waals surface area contributed by atoms with Crippen LogP contribution in [0.5, 0.6) is 0 Å². The Morgan fingerprint density at radius 2 is 2.06 bits per heavy atom. The van der Waals surface area contributed by atoms with Gasteiger partial charge in [0.05, 0.1) is 12.7 Å². The third-order valence-corrected chi connectivity index (χ3v) is 3.26. The van der Waals surface area contributed by atoms with Crippen molar-refractivity contribution in [2.24, 2.45) is 11.8 Å². The van der Waals surface area contributed by atoms with Gasteiger partial charge in [0, 0.05) is 13.0 Å². The summed E-state index contributed by atoms with van der Waals surface area (Å²) < 4.78 is 10.5. The van der Waals surface area contributed by atoms with Crippen LogP contribution in [0.15, 0.2) is 0 Å². The number of ether oxygens (including phenoxy) is 2. The predicted molar refractivity (Wildman–Crippen MR) is 68.2 cm³/mol. The van der Waals surface area contributed by atoms with Crippen LogP contribution in [-0.4, -0.2) is 31.1 Å². The molecular weight excluding hydrogens is 232 g/mol. The van der Waals surface area contributed by atoms with Crippen molar-refractivity contribution in [3.05, 3.63) is 0 Å². The van der Waals surface area contributed by atoms with Gasteiger partial charge in [0.1, 0.15) is 11.7 Å². The van der Waals surface area contributed by atoms with Crippen molar-refractivity contribution >= 4 is 11.8 Å². The zero-order chi connectivity index (χ0) is 13.5. The molecule has 1 heterocycles. The lowest BCUT2D eigenvalue weighted by Crippen LogP contribution is -2.34. The van der Waals surface area contributed by atoms with Gasteiger partial charge in [-0.1, -0.05) is 13.8 Å². The van der Waals surface area contributed by atoms with E-state index in [1.54, 1.807) is 6.92 Å². The van der Waals surface area contributed by atoms with E-state index in [0.717, 1.165) is 25.9 Å². The number of rotatable bonds is 6. The molecule has 4 nitrogen and oxygen atoms in total. The highest BCUT2D eigenvalue weighted by molar-refractivity contribution is 5.99. The van der Waals surface area contributed by atoms with E-state index in [9.17, 15) is 9.59 Å². The molecule has 0 radical (unpaired) electrons. The highest BCUT2D eigenvalue weighted by atomic mass is 16.5. The van der Waals surface area contributed by atoms with Gasteiger partial charge in [-0.05, 0) is 32.1 Å². The first-order chi connectivity index (χ1) is 8.56. The summed E-state index contributed by atoms with van der Waals surface area (Å²) in [6.07, 6.45) is 3.41. The molecular formula is C14H24O4. The van der Waals surface area contributed by atoms with E-state index in [1.807, 2.05) is 13.8 Å². The summed E-state index contributed by atoms with van der Waals surface area (Å²) in [6, 6.07) is 0. The molecule has 2 atom stereocenters. The van der Waals surface area contributed by atoms with Gasteiger partial charge in [-0.3, -0.25) is 9.59 Å². The number of hydrogen-bond donors (Lipinski definition) is 0. The van der Waals surface area contributed by atoms with Gasteiger partial charge in [-0.25, -0.2) is 0 Å². The van der Waals surface area contributed by atoms with Crippen LogP contribution < -0.4 is 0 Å². The number of ketones is 1. The summed E-state index contributed by atoms with van der Waals surface area (Å²) in [6.45, 7) is 6.55. The second kappa shape index (κ2) is 7.52. The van der Waals surface area contributed by atoms with Crippen molar-refractivity contribution in [3.8, 4) is 0 Å². The van der Waals surface area contributed by atoms with E-state index in [0.29, 0.717) is 13.0 Å². The van der Waals surface area contributed by atoms with Crippen LogP contribution in [0.25, 0.3) is 0 Å². The zero-order valence-corrected chi connectivity index (χ0v) is 11.6. The van der Waals surface area contributed by atoms with Crippen molar-refractivity contribution in [1.82, 2.24) is 0 Å². The molecule has 0 aliphatic carbocycles. The van der Waals surface area contributed by atoms with Crippen LogP contribution >= 0.6 is 0 Å². The van der Waals surface area contributed by atoms with Gasteiger partial charge in [0.2, 0.25) is 0 Å². The van der Waals surface area contributed by atoms with Gasteiger partial charge in [0.25, 0.3) is 0 Å². The smallest absolute Gasteiger partial charge is 0.316 e. The van der Waals surface area contributed by atoms with Crippen molar-refractivity contribution in [2.45, 2.75) is 52.6 Å². The van der Waals surface area contributed by atoms with E-state index in [1.165, 1.54) is 0 Å². The Morgan fingerprint density at radius 3 is 2.56 bits per heavy atom. The molecule has 0 N–H and O–H groups in total. The quantitative estimate of drug-likeness (QED) is 0.540. The maximum Gasteiger partial charge on any atom is 0.316 e. The van der Waals surface area contributed by atoms with E-state index >= 15 is 0 Å². The Balaban J connectivity index is 2.56. The van der Waals surface area contributed by atoms with Gasteiger partial charge in [-0.15, -0.1) is 0 Å². The van der Waals surface area contributed by atoms with Gasteiger partial charge < -0.3 is 9.47 Å². The second-order valence-electron chi connectivity index (χ2n) is 5.13. The number of hydrogen-bond acceptors (Lipinski definition) is 4. The maximum atomic E-state index is 12.2. The minimum Gasteiger partial charge on any atom is -0.465 e. The molecule has 2 unspecified atom stereocenters. The third kappa shape index (κ3) is 4.41. The summed E-state index contributed by atoms with van der Waals surface area (Å²) >= 11 is 0. The summed E-state index contributed by atoms with van der Waals surface area (Å²) in [4.78, 5) is 24.0. The monoisotopic (exact) mass is 256 g/mol. The fraction of sp³-hybridized carbons (Fsp3) is 0.857. The van der Waals surface area contributed by atoms with E-state index in [4.69, 9.17) is 9.47 Å². The first-order valence-electron chi connectivity index (χ1n) is 6.87. The van der Waals surface area contributed by atoms with Crippen LogP contribution in [0.1, 0.15) is 46.5 Å². The number of carbonyl (C=O) groups excluding carboxylic acids is 2. The largest absolute Gasteiger partial charge is 0.465 e. The second-order valence-corrected chi connectivity index (χ2v) is 5.13. The van der Waals surface area contributed by atoms with Crippen molar-refractivity contribution in [2.75, 3.05) is 13.2 Å². The number of Topliss-reactive ketones (excluding diaryl/α,β-unsaturated/α-hetero) is 1. The normalized spacial score (nSPS) is 21.7. The fourth-order valence-electron chi connectivity index (χ4n) is 2.33. The van der Waals surface area contributed by atoms with Crippen LogP contribution in [0.3, 0.4) is 0 Å². The minimum atomic E-state index is -0.643. The van der Waals surface area contributed by atoms with Crippen molar-refractivity contribution in [1.29, 1.82) is 0 Å². The Morgan fingerprint density at radius 1 is 1.33 bits per heavy atom. The molecule has 104 valence electrons. The van der Waals surface area contributed by atoms with Crippen LogP contribution in [0.2, 0.25) is 0 Å². The molecule has 4 heteroatoms. The molecule has 0 bridgehead atoms. The third-order valence-electron chi connectivity index (χ3n) is 3.26. The molecule has 1 fully saturated rings. The molecule has 1 aliphatic heterocycles. The number of esters is 1. The predicted octanol–water partition coefficient (Wildman–Crippen LogP) is 2.35. The van der Waals surface area contributed by atoms with E-state index < -0.39 is 11.9 Å². The Labute approximate surface area is 109 Å². The standard InChI is InChI=1S/C14H24O4/c1-4-17-14(16)13(10(2)3)12(15)9-11-7-5-6-8-18-11/h10-11,13H,4-9H2,1-3H3. The molecule has 0 aromatic carbocycles. The van der Waals surface area contributed by atoms with Crippen molar-refractivity contribution in [3.63, 3.8) is 0 Å². The van der Waals surface area contributed by atoms with E-state index in [-0.39, 0.29) is 17.8 Å². The lowest BCUT2D eigenvalue weighted by Gasteiger charge is -2.24. The topological polar surface area (TPSA) is 52.6 Å². The molecule has 0 spiro atoms. The molecule has 0 aromatic heterocycles. The average Bonchev–Trinajstić information content (AvgIpc) is 2.30. The Hall–Kier alpha value is -0.900. The number of carbonyl (C=O) groups is 2. The summed E-state index contributed by atoms with van der Waals surface area (Å²) in [5, 5.41) is 0. The lowest BCUT2D eigenvalue weighted by atomic mass is 9.88. The summed E-state index contributed by atoms with van der Waals surface area (Å²) in [5.41, 5.74) is 0. The highest BCUT2D eigenvalue weighted by Gasteiger charge is 2.32. The van der Waals surface area contributed by atoms with E-state index in [2.05, 4.69) is 0 Å². The lowest BCUT2D eigenvalue weighted by molar-refractivity contribution is -0.154. The summed E-state index contributed by atoms with van der Waals surface area (Å²) in [7, 11) is 0. The SMILES string of the molecule is CCOC(=O)C(C(=O)CC1CCCCO1)C(C)C. The van der Waals surface area contributed by atoms with Crippen LogP contribution in [-0.2, 0) is 19.1 Å². The first kappa shape index (κ1) is 15.2. The van der Waals surface area contributed by atoms with Gasteiger partial charge in [-0.2, -0.15) is 0 Å². The average molecular weight is 256 g/mol.